The van der Waals surface area contributed by atoms with Crippen LogP contribution in [0, 0.1) is 6.92 Å². The zero-order valence-corrected chi connectivity index (χ0v) is 19.2. The van der Waals surface area contributed by atoms with Crippen LogP contribution in [0.2, 0.25) is 0 Å². The zero-order valence-electron chi connectivity index (χ0n) is 19.2. The van der Waals surface area contributed by atoms with Crippen LogP contribution in [0.5, 0.6) is 5.75 Å². The third-order valence-corrected chi connectivity index (χ3v) is 5.81. The quantitative estimate of drug-likeness (QED) is 0.334. The fourth-order valence-corrected chi connectivity index (χ4v) is 3.96. The Morgan fingerprint density at radius 3 is 2.45 bits per heavy atom. The first kappa shape index (κ1) is 22.6. The highest BCUT2D eigenvalue weighted by Gasteiger charge is 2.07. The predicted molar refractivity (Wildman–Crippen MR) is 135 cm³/mol. The highest BCUT2D eigenvalue weighted by atomic mass is 16.5. The molecule has 0 aliphatic heterocycles. The van der Waals surface area contributed by atoms with Gasteiger partial charge in [-0.15, -0.1) is 0 Å². The summed E-state index contributed by atoms with van der Waals surface area (Å²) < 4.78 is 6.17. The van der Waals surface area contributed by atoms with E-state index < -0.39 is 0 Å². The first-order valence-electron chi connectivity index (χ1n) is 11.3. The van der Waals surface area contributed by atoms with E-state index in [9.17, 15) is 4.79 Å². The number of amides is 1. The molecule has 33 heavy (non-hydrogen) atoms. The monoisotopic (exact) mass is 438 g/mol. The van der Waals surface area contributed by atoms with Gasteiger partial charge in [-0.25, -0.2) is 0 Å². The second kappa shape index (κ2) is 10.8. The maximum absolute atomic E-state index is 10.9. The minimum absolute atomic E-state index is 0.000381. The van der Waals surface area contributed by atoms with E-state index in [0.29, 0.717) is 13.2 Å². The van der Waals surface area contributed by atoms with Crippen molar-refractivity contribution in [1.29, 1.82) is 0 Å². The smallest absolute Gasteiger partial charge is 0.216 e. The Morgan fingerprint density at radius 1 is 0.848 bits per heavy atom. The Kier molecular flexibility index (Phi) is 7.38. The molecule has 1 amide bonds. The molecule has 0 aliphatic rings. The van der Waals surface area contributed by atoms with Crippen molar-refractivity contribution in [1.82, 2.24) is 10.6 Å². The summed E-state index contributed by atoms with van der Waals surface area (Å²) in [6.45, 7) is 6.38. The molecular formula is C29H30N2O2. The summed E-state index contributed by atoms with van der Waals surface area (Å²) in [6.07, 6.45) is 0. The molecule has 168 valence electrons. The maximum Gasteiger partial charge on any atom is 0.216 e. The van der Waals surface area contributed by atoms with E-state index in [-0.39, 0.29) is 5.91 Å². The van der Waals surface area contributed by atoms with Crippen LogP contribution in [0.25, 0.3) is 21.9 Å². The van der Waals surface area contributed by atoms with Crippen molar-refractivity contribution in [2.45, 2.75) is 27.0 Å². The van der Waals surface area contributed by atoms with Gasteiger partial charge in [0, 0.05) is 26.6 Å². The molecule has 0 radical (unpaired) electrons. The van der Waals surface area contributed by atoms with E-state index in [1.807, 2.05) is 12.1 Å². The van der Waals surface area contributed by atoms with E-state index in [2.05, 4.69) is 90.4 Å². The molecule has 0 heterocycles. The summed E-state index contributed by atoms with van der Waals surface area (Å²) in [5.74, 6) is 0.868. The van der Waals surface area contributed by atoms with Gasteiger partial charge in [-0.1, -0.05) is 66.7 Å². The predicted octanol–water partition coefficient (Wildman–Crippen LogP) is 5.62. The minimum atomic E-state index is -0.000381. The molecule has 0 spiro atoms. The summed E-state index contributed by atoms with van der Waals surface area (Å²) in [5, 5.41) is 8.49. The van der Waals surface area contributed by atoms with Crippen molar-refractivity contribution in [2.24, 2.45) is 0 Å². The molecule has 0 bridgehead atoms. The van der Waals surface area contributed by atoms with E-state index in [1.54, 1.807) is 0 Å². The van der Waals surface area contributed by atoms with Gasteiger partial charge in [-0.3, -0.25) is 4.79 Å². The molecule has 4 aromatic carbocycles. The Balaban J connectivity index is 1.39. The van der Waals surface area contributed by atoms with Crippen LogP contribution in [0.4, 0.5) is 0 Å². The lowest BCUT2D eigenvalue weighted by molar-refractivity contribution is -0.118. The number of hydrogen-bond acceptors (Lipinski definition) is 3. The van der Waals surface area contributed by atoms with Gasteiger partial charge in [0.1, 0.15) is 12.4 Å². The van der Waals surface area contributed by atoms with Crippen LogP contribution in [0.3, 0.4) is 0 Å². The summed E-state index contributed by atoms with van der Waals surface area (Å²) in [7, 11) is 0. The lowest BCUT2D eigenvalue weighted by Crippen LogP contribution is -2.29. The molecule has 0 fully saturated rings. The van der Waals surface area contributed by atoms with Crippen LogP contribution >= 0.6 is 0 Å². The second-order valence-corrected chi connectivity index (χ2v) is 8.25. The van der Waals surface area contributed by atoms with E-state index in [1.165, 1.54) is 40.1 Å². The lowest BCUT2D eigenvalue weighted by atomic mass is 9.97. The average molecular weight is 439 g/mol. The highest BCUT2D eigenvalue weighted by Crippen LogP contribution is 2.27. The molecule has 0 saturated heterocycles. The SMILES string of the molecule is CC(=O)NCCNCc1ccc2cc(OCc3cccc(-c4ccccc4)c3C)ccc2c1. The molecule has 0 aromatic heterocycles. The van der Waals surface area contributed by atoms with Crippen LogP contribution in [0.15, 0.2) is 84.9 Å². The number of ether oxygens (including phenoxy) is 1. The maximum atomic E-state index is 10.9. The fourth-order valence-electron chi connectivity index (χ4n) is 3.96. The largest absolute Gasteiger partial charge is 0.489 e. The molecule has 4 heteroatoms. The third kappa shape index (κ3) is 5.99. The van der Waals surface area contributed by atoms with E-state index in [4.69, 9.17) is 4.74 Å². The Hall–Kier alpha value is -3.63. The number of nitrogens with one attached hydrogen (secondary N) is 2. The summed E-state index contributed by atoms with van der Waals surface area (Å²) in [5.41, 5.74) is 6.13. The topological polar surface area (TPSA) is 50.4 Å². The molecule has 4 aromatic rings. The van der Waals surface area contributed by atoms with Gasteiger partial charge in [0.05, 0.1) is 0 Å². The molecule has 4 nitrogen and oxygen atoms in total. The normalized spacial score (nSPS) is 10.8. The fraction of sp³-hybridized carbons (Fsp3) is 0.207. The van der Waals surface area contributed by atoms with Gasteiger partial charge in [-0.2, -0.15) is 0 Å². The summed E-state index contributed by atoms with van der Waals surface area (Å²) in [6, 6.07) is 29.6. The van der Waals surface area contributed by atoms with Crippen molar-refractivity contribution < 1.29 is 9.53 Å². The van der Waals surface area contributed by atoms with Crippen molar-refractivity contribution in [3.63, 3.8) is 0 Å². The lowest BCUT2D eigenvalue weighted by Gasteiger charge is -2.13. The number of hydrogen-bond donors (Lipinski definition) is 2. The van der Waals surface area contributed by atoms with Crippen molar-refractivity contribution >= 4 is 16.7 Å². The van der Waals surface area contributed by atoms with Gasteiger partial charge < -0.3 is 15.4 Å². The first-order chi connectivity index (χ1) is 16.1. The highest BCUT2D eigenvalue weighted by molar-refractivity contribution is 5.84. The molecule has 2 N–H and O–H groups in total. The molecule has 0 atom stereocenters. The van der Waals surface area contributed by atoms with Gasteiger partial charge in [0.15, 0.2) is 0 Å². The standard InChI is InChI=1S/C29H30N2O2/c1-21-27(9-6-10-29(21)24-7-4-3-5-8-24)20-33-28-14-13-25-17-23(11-12-26(25)18-28)19-30-15-16-31-22(2)32/h3-14,17-18,30H,15-16,19-20H2,1-2H3,(H,31,32). The van der Waals surface area contributed by atoms with Crippen LogP contribution in [0.1, 0.15) is 23.6 Å². The zero-order chi connectivity index (χ0) is 23.0. The summed E-state index contributed by atoms with van der Waals surface area (Å²) >= 11 is 0. The van der Waals surface area contributed by atoms with Crippen molar-refractivity contribution in [3.05, 3.63) is 102 Å². The number of benzene rings is 4. The number of carbonyl (C=O) groups excluding carboxylic acids is 1. The molecule has 0 aliphatic carbocycles. The number of rotatable bonds is 9. The molecule has 0 saturated carbocycles. The minimum Gasteiger partial charge on any atom is -0.489 e. The Morgan fingerprint density at radius 2 is 1.64 bits per heavy atom. The van der Waals surface area contributed by atoms with Crippen molar-refractivity contribution in [3.8, 4) is 16.9 Å². The van der Waals surface area contributed by atoms with Crippen LogP contribution in [-0.2, 0) is 17.9 Å². The first-order valence-corrected chi connectivity index (χ1v) is 11.3. The Bertz CT molecular complexity index is 1240. The van der Waals surface area contributed by atoms with Gasteiger partial charge in [0.2, 0.25) is 5.91 Å². The number of carbonyl (C=O) groups is 1. The average Bonchev–Trinajstić information content (AvgIpc) is 2.83. The van der Waals surface area contributed by atoms with E-state index >= 15 is 0 Å². The number of fused-ring (bicyclic) bond motifs is 1. The molecule has 4 rings (SSSR count). The van der Waals surface area contributed by atoms with E-state index in [0.717, 1.165) is 24.2 Å². The van der Waals surface area contributed by atoms with Crippen LogP contribution in [-0.4, -0.2) is 19.0 Å². The van der Waals surface area contributed by atoms with Crippen LogP contribution < -0.4 is 15.4 Å². The van der Waals surface area contributed by atoms with Gasteiger partial charge >= 0.3 is 0 Å². The molecule has 0 unspecified atom stereocenters. The van der Waals surface area contributed by atoms with Gasteiger partial charge in [-0.05, 0) is 63.7 Å². The third-order valence-electron chi connectivity index (χ3n) is 5.81. The van der Waals surface area contributed by atoms with Crippen molar-refractivity contribution in [2.75, 3.05) is 13.1 Å². The Labute approximate surface area is 195 Å². The second-order valence-electron chi connectivity index (χ2n) is 8.25. The molecular weight excluding hydrogens is 408 g/mol. The summed E-state index contributed by atoms with van der Waals surface area (Å²) in [4.78, 5) is 10.9. The van der Waals surface area contributed by atoms with Gasteiger partial charge in [0.25, 0.3) is 0 Å².